The molecule has 1 N–H and O–H groups in total. The Labute approximate surface area is 123 Å². The van der Waals surface area contributed by atoms with E-state index in [2.05, 4.69) is 5.32 Å². The molecule has 1 unspecified atom stereocenters. The molecular weight excluding hydrogens is 278 g/mol. The van der Waals surface area contributed by atoms with Crippen LogP contribution in [0, 0.1) is 0 Å². The summed E-state index contributed by atoms with van der Waals surface area (Å²) in [6.07, 6.45) is 1.73. The standard InChI is InChI=1S/C15H18ClNO3/c16-12-5-10-1-3-20-15(10)11(6-12)7-14(18)8-13-9-19-4-2-17-13/h5-6,13,17H,1-4,7-9H2. The maximum absolute atomic E-state index is 12.2. The largest absolute Gasteiger partial charge is 0.493 e. The average molecular weight is 296 g/mol. The van der Waals surface area contributed by atoms with Gasteiger partial charge in [-0.2, -0.15) is 0 Å². The number of hydrogen-bond donors (Lipinski definition) is 1. The summed E-state index contributed by atoms with van der Waals surface area (Å²) in [7, 11) is 0. The van der Waals surface area contributed by atoms with E-state index in [1.54, 1.807) is 0 Å². The summed E-state index contributed by atoms with van der Waals surface area (Å²) >= 11 is 6.10. The van der Waals surface area contributed by atoms with Gasteiger partial charge in [-0.3, -0.25) is 4.79 Å². The highest BCUT2D eigenvalue weighted by Crippen LogP contribution is 2.33. The number of halogens is 1. The van der Waals surface area contributed by atoms with Gasteiger partial charge in [0.1, 0.15) is 11.5 Å². The van der Waals surface area contributed by atoms with Crippen LogP contribution in [0.1, 0.15) is 17.5 Å². The number of carbonyl (C=O) groups is 1. The van der Waals surface area contributed by atoms with Crippen LogP contribution in [-0.2, 0) is 22.4 Å². The van der Waals surface area contributed by atoms with Crippen molar-refractivity contribution in [3.63, 3.8) is 0 Å². The Kier molecular flexibility index (Phi) is 4.24. The molecule has 0 bridgehead atoms. The Morgan fingerprint density at radius 1 is 1.40 bits per heavy atom. The molecule has 1 saturated heterocycles. The first-order valence-electron chi connectivity index (χ1n) is 6.99. The maximum Gasteiger partial charge on any atom is 0.139 e. The van der Waals surface area contributed by atoms with Crippen LogP contribution in [0.3, 0.4) is 0 Å². The van der Waals surface area contributed by atoms with Crippen LogP contribution in [0.4, 0.5) is 0 Å². The van der Waals surface area contributed by atoms with Gasteiger partial charge in [0.05, 0.1) is 19.8 Å². The van der Waals surface area contributed by atoms with E-state index in [4.69, 9.17) is 21.1 Å². The van der Waals surface area contributed by atoms with E-state index >= 15 is 0 Å². The minimum Gasteiger partial charge on any atom is -0.493 e. The van der Waals surface area contributed by atoms with Crippen LogP contribution in [-0.4, -0.2) is 38.2 Å². The molecule has 20 heavy (non-hydrogen) atoms. The SMILES string of the molecule is O=C(Cc1cc(Cl)cc2c1OCC2)CC1COCCN1. The molecule has 4 nitrogen and oxygen atoms in total. The van der Waals surface area contributed by atoms with Crippen molar-refractivity contribution >= 4 is 17.4 Å². The molecule has 0 radical (unpaired) electrons. The highest BCUT2D eigenvalue weighted by Gasteiger charge is 2.21. The highest BCUT2D eigenvalue weighted by atomic mass is 35.5. The molecule has 0 amide bonds. The number of fused-ring (bicyclic) bond motifs is 1. The number of rotatable bonds is 4. The Balaban J connectivity index is 1.66. The van der Waals surface area contributed by atoms with Crippen molar-refractivity contribution in [2.24, 2.45) is 0 Å². The minimum atomic E-state index is 0.129. The van der Waals surface area contributed by atoms with E-state index in [9.17, 15) is 4.79 Å². The zero-order valence-electron chi connectivity index (χ0n) is 11.3. The summed E-state index contributed by atoms with van der Waals surface area (Å²) in [4.78, 5) is 12.2. The molecule has 2 aliphatic heterocycles. The van der Waals surface area contributed by atoms with Gasteiger partial charge in [-0.25, -0.2) is 0 Å². The molecule has 1 aromatic carbocycles. The van der Waals surface area contributed by atoms with Crippen LogP contribution < -0.4 is 10.1 Å². The molecule has 0 saturated carbocycles. The number of nitrogens with one attached hydrogen (secondary N) is 1. The van der Waals surface area contributed by atoms with Crippen LogP contribution in [0.25, 0.3) is 0 Å². The van der Waals surface area contributed by atoms with E-state index in [0.717, 1.165) is 36.4 Å². The van der Waals surface area contributed by atoms with E-state index in [0.29, 0.717) is 31.1 Å². The zero-order valence-corrected chi connectivity index (χ0v) is 12.0. The van der Waals surface area contributed by atoms with E-state index in [1.807, 2.05) is 12.1 Å². The molecule has 3 rings (SSSR count). The average Bonchev–Trinajstić information content (AvgIpc) is 2.88. The number of carbonyl (C=O) groups excluding carboxylic acids is 1. The number of ketones is 1. The lowest BCUT2D eigenvalue weighted by molar-refractivity contribution is -0.119. The normalized spacial score (nSPS) is 21.4. The second-order valence-corrected chi connectivity index (χ2v) is 5.73. The monoisotopic (exact) mass is 295 g/mol. The van der Waals surface area contributed by atoms with Crippen molar-refractivity contribution in [2.45, 2.75) is 25.3 Å². The van der Waals surface area contributed by atoms with Gasteiger partial charge in [0.25, 0.3) is 0 Å². The smallest absolute Gasteiger partial charge is 0.139 e. The highest BCUT2D eigenvalue weighted by molar-refractivity contribution is 6.30. The third-order valence-electron chi connectivity index (χ3n) is 3.69. The van der Waals surface area contributed by atoms with Gasteiger partial charge in [-0.1, -0.05) is 11.6 Å². The first-order valence-corrected chi connectivity index (χ1v) is 7.37. The van der Waals surface area contributed by atoms with Gasteiger partial charge in [0.2, 0.25) is 0 Å². The Bertz CT molecular complexity index is 512. The Hall–Kier alpha value is -1.10. The van der Waals surface area contributed by atoms with Crippen molar-refractivity contribution in [1.82, 2.24) is 5.32 Å². The van der Waals surface area contributed by atoms with Crippen molar-refractivity contribution in [1.29, 1.82) is 0 Å². The molecule has 1 fully saturated rings. The fourth-order valence-electron chi connectivity index (χ4n) is 2.79. The van der Waals surface area contributed by atoms with E-state index in [-0.39, 0.29) is 11.8 Å². The third kappa shape index (κ3) is 3.14. The lowest BCUT2D eigenvalue weighted by atomic mass is 10.00. The van der Waals surface area contributed by atoms with E-state index in [1.165, 1.54) is 0 Å². The summed E-state index contributed by atoms with van der Waals surface area (Å²) in [5.74, 6) is 1.04. The Morgan fingerprint density at radius 2 is 2.30 bits per heavy atom. The van der Waals surface area contributed by atoms with Crippen molar-refractivity contribution in [3.05, 3.63) is 28.3 Å². The molecule has 108 valence electrons. The van der Waals surface area contributed by atoms with Gasteiger partial charge >= 0.3 is 0 Å². The quantitative estimate of drug-likeness (QED) is 0.919. The number of morpholine rings is 1. The van der Waals surface area contributed by atoms with Crippen LogP contribution in [0.5, 0.6) is 5.75 Å². The van der Waals surface area contributed by atoms with Crippen molar-refractivity contribution in [2.75, 3.05) is 26.4 Å². The van der Waals surface area contributed by atoms with Crippen molar-refractivity contribution in [3.8, 4) is 5.75 Å². The Morgan fingerprint density at radius 3 is 3.10 bits per heavy atom. The van der Waals surface area contributed by atoms with Gasteiger partial charge < -0.3 is 14.8 Å². The fraction of sp³-hybridized carbons (Fsp3) is 0.533. The first-order chi connectivity index (χ1) is 9.72. The molecule has 5 heteroatoms. The molecule has 2 heterocycles. The fourth-order valence-corrected chi connectivity index (χ4v) is 3.05. The van der Waals surface area contributed by atoms with Crippen LogP contribution in [0.2, 0.25) is 5.02 Å². The van der Waals surface area contributed by atoms with Gasteiger partial charge in [-0.05, 0) is 17.7 Å². The lowest BCUT2D eigenvalue weighted by Gasteiger charge is -2.23. The second kappa shape index (κ2) is 6.12. The molecule has 1 atom stereocenters. The molecule has 0 spiro atoms. The van der Waals surface area contributed by atoms with Crippen LogP contribution in [0.15, 0.2) is 12.1 Å². The molecular formula is C15H18ClNO3. The first kappa shape index (κ1) is 13.9. The van der Waals surface area contributed by atoms with E-state index < -0.39 is 0 Å². The predicted octanol–water partition coefficient (Wildman–Crippen LogP) is 1.76. The summed E-state index contributed by atoms with van der Waals surface area (Å²) in [5, 5.41) is 3.97. The molecule has 0 aliphatic carbocycles. The predicted molar refractivity (Wildman–Crippen MR) is 76.6 cm³/mol. The van der Waals surface area contributed by atoms with Gasteiger partial charge in [0, 0.05) is 42.4 Å². The molecule has 2 aliphatic rings. The second-order valence-electron chi connectivity index (χ2n) is 5.30. The lowest BCUT2D eigenvalue weighted by Crippen LogP contribution is -2.42. The molecule has 1 aromatic rings. The third-order valence-corrected chi connectivity index (χ3v) is 3.90. The zero-order chi connectivity index (χ0) is 13.9. The number of hydrogen-bond acceptors (Lipinski definition) is 4. The summed E-state index contributed by atoms with van der Waals surface area (Å²) in [5.41, 5.74) is 2.02. The van der Waals surface area contributed by atoms with Gasteiger partial charge in [-0.15, -0.1) is 0 Å². The number of ether oxygens (including phenoxy) is 2. The minimum absolute atomic E-state index is 0.129. The summed E-state index contributed by atoms with van der Waals surface area (Å²) < 4.78 is 11.0. The van der Waals surface area contributed by atoms with Gasteiger partial charge in [0.15, 0.2) is 0 Å². The summed E-state index contributed by atoms with van der Waals surface area (Å²) in [6.45, 7) is 2.82. The van der Waals surface area contributed by atoms with Crippen molar-refractivity contribution < 1.29 is 14.3 Å². The number of Topliss-reactive ketones (excluding diaryl/α,β-unsaturated/α-hetero) is 1. The topological polar surface area (TPSA) is 47.6 Å². The maximum atomic E-state index is 12.2. The van der Waals surface area contributed by atoms with Crippen LogP contribution >= 0.6 is 11.6 Å². The number of benzene rings is 1. The summed E-state index contributed by atoms with van der Waals surface area (Å²) in [6, 6.07) is 3.90. The molecule has 0 aromatic heterocycles.